The van der Waals surface area contributed by atoms with E-state index < -0.39 is 22.8 Å². The second-order valence-electron chi connectivity index (χ2n) is 5.68. The van der Waals surface area contributed by atoms with Crippen LogP contribution >= 0.6 is 0 Å². The molecular weight excluding hydrogens is 330 g/mol. The van der Waals surface area contributed by atoms with Gasteiger partial charge in [0.15, 0.2) is 0 Å². The van der Waals surface area contributed by atoms with E-state index in [-0.39, 0.29) is 23.4 Å². The van der Waals surface area contributed by atoms with Crippen molar-refractivity contribution in [2.45, 2.75) is 25.8 Å². The highest BCUT2D eigenvalue weighted by Crippen LogP contribution is 2.32. The normalized spacial score (nSPS) is 15.5. The molecule has 1 amide bonds. The van der Waals surface area contributed by atoms with Gasteiger partial charge >= 0.3 is 5.97 Å². The zero-order valence-electron chi connectivity index (χ0n) is 13.9. The standard InChI is InChI=1S/C16H21N3O6/c1-2-4-12(16(21)22)17-15(20)11-5-3-6-13(19(23)24)14(11)18-7-9-25-10-8-18/h3,5-6,12H,2,4,7-10H2,1H3,(H,17,20)(H,21,22). The van der Waals surface area contributed by atoms with Crippen LogP contribution in [-0.4, -0.2) is 54.3 Å². The highest BCUT2D eigenvalue weighted by Gasteiger charge is 2.29. The fourth-order valence-corrected chi connectivity index (χ4v) is 2.76. The number of hydrogen-bond donors (Lipinski definition) is 2. The molecular formula is C16H21N3O6. The first-order valence-corrected chi connectivity index (χ1v) is 8.09. The summed E-state index contributed by atoms with van der Waals surface area (Å²) in [5.41, 5.74) is 0.115. The molecule has 1 atom stereocenters. The molecule has 1 aromatic carbocycles. The van der Waals surface area contributed by atoms with Crippen LogP contribution in [0.15, 0.2) is 18.2 Å². The van der Waals surface area contributed by atoms with E-state index in [1.54, 1.807) is 4.90 Å². The fourth-order valence-electron chi connectivity index (χ4n) is 2.76. The average molecular weight is 351 g/mol. The monoisotopic (exact) mass is 351 g/mol. The van der Waals surface area contributed by atoms with E-state index >= 15 is 0 Å². The molecule has 136 valence electrons. The van der Waals surface area contributed by atoms with Crippen molar-refractivity contribution in [1.29, 1.82) is 0 Å². The third kappa shape index (κ3) is 4.44. The number of ether oxygens (including phenoxy) is 1. The van der Waals surface area contributed by atoms with Crippen molar-refractivity contribution in [3.8, 4) is 0 Å². The number of aliphatic carboxylic acids is 1. The van der Waals surface area contributed by atoms with Crippen LogP contribution in [-0.2, 0) is 9.53 Å². The van der Waals surface area contributed by atoms with E-state index in [1.165, 1.54) is 18.2 Å². The maximum absolute atomic E-state index is 12.6. The number of carboxylic acids is 1. The predicted molar refractivity (Wildman–Crippen MR) is 89.9 cm³/mol. The van der Waals surface area contributed by atoms with E-state index in [2.05, 4.69) is 5.32 Å². The molecule has 0 radical (unpaired) electrons. The lowest BCUT2D eigenvalue weighted by Gasteiger charge is -2.30. The molecule has 0 bridgehead atoms. The Morgan fingerprint density at radius 2 is 2.08 bits per heavy atom. The second-order valence-corrected chi connectivity index (χ2v) is 5.68. The van der Waals surface area contributed by atoms with Gasteiger partial charge in [-0.25, -0.2) is 4.79 Å². The summed E-state index contributed by atoms with van der Waals surface area (Å²) in [6.07, 6.45) is 0.866. The lowest BCUT2D eigenvalue weighted by molar-refractivity contribution is -0.384. The van der Waals surface area contributed by atoms with Crippen molar-refractivity contribution in [3.63, 3.8) is 0 Å². The van der Waals surface area contributed by atoms with Crippen molar-refractivity contribution in [1.82, 2.24) is 5.32 Å². The lowest BCUT2D eigenvalue weighted by Crippen LogP contribution is -2.42. The number of nitro groups is 1. The van der Waals surface area contributed by atoms with Gasteiger partial charge in [0.25, 0.3) is 11.6 Å². The van der Waals surface area contributed by atoms with Gasteiger partial charge in [0.05, 0.1) is 23.7 Å². The summed E-state index contributed by atoms with van der Waals surface area (Å²) in [7, 11) is 0. The maximum Gasteiger partial charge on any atom is 0.326 e. The first kappa shape index (κ1) is 18.7. The Morgan fingerprint density at radius 1 is 1.40 bits per heavy atom. The molecule has 1 saturated heterocycles. The van der Waals surface area contributed by atoms with Gasteiger partial charge in [0, 0.05) is 19.2 Å². The number of carboxylic acid groups (broad SMARTS) is 1. The minimum Gasteiger partial charge on any atom is -0.480 e. The van der Waals surface area contributed by atoms with E-state index in [9.17, 15) is 24.8 Å². The number of anilines is 1. The summed E-state index contributed by atoms with van der Waals surface area (Å²) in [6.45, 7) is 3.46. The van der Waals surface area contributed by atoms with Crippen LogP contribution < -0.4 is 10.2 Å². The van der Waals surface area contributed by atoms with Crippen LogP contribution in [0.25, 0.3) is 0 Å². The van der Waals surface area contributed by atoms with Gasteiger partial charge in [-0.1, -0.05) is 19.4 Å². The van der Waals surface area contributed by atoms with E-state index in [4.69, 9.17) is 4.74 Å². The molecule has 2 rings (SSSR count). The zero-order valence-corrected chi connectivity index (χ0v) is 13.9. The minimum atomic E-state index is -1.13. The molecule has 1 heterocycles. The summed E-state index contributed by atoms with van der Waals surface area (Å²) in [6, 6.07) is 3.20. The van der Waals surface area contributed by atoms with Crippen LogP contribution in [0.1, 0.15) is 30.1 Å². The first-order chi connectivity index (χ1) is 12.0. The SMILES string of the molecule is CCCC(NC(=O)c1cccc([N+](=O)[O-])c1N1CCOCC1)C(=O)O. The summed E-state index contributed by atoms with van der Waals surface area (Å²) in [5, 5.41) is 23.1. The Bertz CT molecular complexity index is 657. The van der Waals surface area contributed by atoms with E-state index in [0.29, 0.717) is 32.7 Å². The van der Waals surface area contributed by atoms with E-state index in [1.807, 2.05) is 6.92 Å². The quantitative estimate of drug-likeness (QED) is 0.562. The number of carbonyl (C=O) groups excluding carboxylic acids is 1. The van der Waals surface area contributed by atoms with Gasteiger partial charge in [0.1, 0.15) is 11.7 Å². The molecule has 1 aromatic rings. The lowest BCUT2D eigenvalue weighted by atomic mass is 10.1. The first-order valence-electron chi connectivity index (χ1n) is 8.09. The largest absolute Gasteiger partial charge is 0.480 e. The zero-order chi connectivity index (χ0) is 18.4. The van der Waals surface area contributed by atoms with E-state index in [0.717, 1.165) is 0 Å². The summed E-state index contributed by atoms with van der Waals surface area (Å²) < 4.78 is 5.26. The Labute approximate surface area is 144 Å². The van der Waals surface area contributed by atoms with Crippen molar-refractivity contribution >= 4 is 23.3 Å². The molecule has 2 N–H and O–H groups in total. The second kappa shape index (κ2) is 8.43. The Morgan fingerprint density at radius 3 is 2.64 bits per heavy atom. The number of hydrogen-bond acceptors (Lipinski definition) is 6. The van der Waals surface area contributed by atoms with Crippen molar-refractivity contribution in [2.24, 2.45) is 0 Å². The Balaban J connectivity index is 2.38. The molecule has 9 heteroatoms. The molecule has 25 heavy (non-hydrogen) atoms. The van der Waals surface area contributed by atoms with Gasteiger partial charge in [-0.3, -0.25) is 14.9 Å². The number of carbonyl (C=O) groups is 2. The molecule has 1 unspecified atom stereocenters. The maximum atomic E-state index is 12.6. The number of nitrogens with zero attached hydrogens (tertiary/aromatic N) is 2. The average Bonchev–Trinajstić information content (AvgIpc) is 2.61. The van der Waals surface area contributed by atoms with Crippen molar-refractivity contribution in [3.05, 3.63) is 33.9 Å². The summed E-state index contributed by atoms with van der Waals surface area (Å²) in [5.74, 6) is -1.76. The number of benzene rings is 1. The highest BCUT2D eigenvalue weighted by atomic mass is 16.6. The molecule has 0 saturated carbocycles. The van der Waals surface area contributed by atoms with Crippen LogP contribution in [0.3, 0.4) is 0 Å². The van der Waals surface area contributed by atoms with Gasteiger partial charge in [-0.05, 0) is 12.5 Å². The molecule has 0 spiro atoms. The van der Waals surface area contributed by atoms with Crippen molar-refractivity contribution in [2.75, 3.05) is 31.2 Å². The van der Waals surface area contributed by atoms with Crippen LogP contribution in [0.2, 0.25) is 0 Å². The van der Waals surface area contributed by atoms with Crippen LogP contribution in [0.4, 0.5) is 11.4 Å². The Hall–Kier alpha value is -2.68. The van der Waals surface area contributed by atoms with Crippen LogP contribution in [0, 0.1) is 10.1 Å². The minimum absolute atomic E-state index is 0.0958. The highest BCUT2D eigenvalue weighted by molar-refractivity contribution is 6.03. The molecule has 9 nitrogen and oxygen atoms in total. The molecule has 1 aliphatic rings. The van der Waals surface area contributed by atoms with Gasteiger partial charge in [0.2, 0.25) is 0 Å². The number of morpholine rings is 1. The number of nitro benzene ring substituents is 1. The third-order valence-corrected chi connectivity index (χ3v) is 3.96. The smallest absolute Gasteiger partial charge is 0.326 e. The summed E-state index contributed by atoms with van der Waals surface area (Å²) in [4.78, 5) is 36.5. The predicted octanol–water partition coefficient (Wildman–Crippen LogP) is 1.41. The van der Waals surface area contributed by atoms with Crippen molar-refractivity contribution < 1.29 is 24.4 Å². The number of para-hydroxylation sites is 1. The van der Waals surface area contributed by atoms with Gasteiger partial charge in [-0.2, -0.15) is 0 Å². The number of nitrogens with one attached hydrogen (secondary N) is 1. The van der Waals surface area contributed by atoms with Gasteiger partial charge in [-0.15, -0.1) is 0 Å². The molecule has 1 fully saturated rings. The fraction of sp³-hybridized carbons (Fsp3) is 0.500. The molecule has 0 aliphatic carbocycles. The molecule has 1 aliphatic heterocycles. The number of amides is 1. The summed E-state index contributed by atoms with van der Waals surface area (Å²) >= 11 is 0. The molecule has 0 aromatic heterocycles. The number of rotatable bonds is 7. The van der Waals surface area contributed by atoms with Crippen LogP contribution in [0.5, 0.6) is 0 Å². The Kier molecular flexibility index (Phi) is 6.29. The van der Waals surface area contributed by atoms with Gasteiger partial charge < -0.3 is 20.1 Å². The topological polar surface area (TPSA) is 122 Å². The third-order valence-electron chi connectivity index (χ3n) is 3.96.